The van der Waals surface area contributed by atoms with E-state index in [1.54, 1.807) is 0 Å². The third-order valence-corrected chi connectivity index (χ3v) is 4.09. The average Bonchev–Trinajstić information content (AvgIpc) is 2.24. The number of rotatable bonds is 1. The maximum atomic E-state index is 11.7. The van der Waals surface area contributed by atoms with Crippen molar-refractivity contribution < 1.29 is 15.0 Å². The molecule has 0 bridgehead atoms. The van der Waals surface area contributed by atoms with Crippen LogP contribution in [-0.2, 0) is 4.79 Å². The van der Waals surface area contributed by atoms with Gasteiger partial charge in [0.25, 0.3) is 0 Å². The second kappa shape index (κ2) is 3.63. The lowest BCUT2D eigenvalue weighted by molar-refractivity contribution is -0.151. The van der Waals surface area contributed by atoms with Crippen molar-refractivity contribution in [2.45, 2.75) is 44.6 Å². The van der Waals surface area contributed by atoms with E-state index in [9.17, 15) is 15.0 Å². The smallest absolute Gasteiger partial charge is 0.136 e. The predicted molar refractivity (Wildman–Crippen MR) is 51.7 cm³/mol. The standard InChI is InChI=1S/C11H18O3/c12-7-11-6-2-1-3-8(11)9(13)4-5-10(11)14/h8,10,12,14H,1-7H2. The highest BCUT2D eigenvalue weighted by atomic mass is 16.3. The summed E-state index contributed by atoms with van der Waals surface area (Å²) in [7, 11) is 0. The van der Waals surface area contributed by atoms with Gasteiger partial charge in [-0.2, -0.15) is 0 Å². The van der Waals surface area contributed by atoms with Crippen molar-refractivity contribution in [1.29, 1.82) is 0 Å². The molecule has 2 rings (SSSR count). The van der Waals surface area contributed by atoms with Gasteiger partial charge in [0, 0.05) is 17.8 Å². The number of hydrogen-bond donors (Lipinski definition) is 2. The zero-order chi connectivity index (χ0) is 10.2. The zero-order valence-corrected chi connectivity index (χ0v) is 8.41. The molecule has 2 fully saturated rings. The van der Waals surface area contributed by atoms with Gasteiger partial charge in [-0.3, -0.25) is 4.79 Å². The Morgan fingerprint density at radius 1 is 1.36 bits per heavy atom. The fourth-order valence-electron chi connectivity index (χ4n) is 3.18. The van der Waals surface area contributed by atoms with Crippen molar-refractivity contribution in [2.24, 2.45) is 11.3 Å². The van der Waals surface area contributed by atoms with Crippen molar-refractivity contribution in [3.8, 4) is 0 Å². The van der Waals surface area contributed by atoms with Crippen molar-refractivity contribution in [1.82, 2.24) is 0 Å². The molecule has 0 aromatic carbocycles. The Kier molecular flexibility index (Phi) is 2.62. The van der Waals surface area contributed by atoms with E-state index < -0.39 is 11.5 Å². The molecule has 3 atom stereocenters. The van der Waals surface area contributed by atoms with Gasteiger partial charge >= 0.3 is 0 Å². The van der Waals surface area contributed by atoms with Gasteiger partial charge in [-0.25, -0.2) is 0 Å². The minimum Gasteiger partial charge on any atom is -0.396 e. The molecular weight excluding hydrogens is 180 g/mol. The van der Waals surface area contributed by atoms with Crippen LogP contribution in [0.15, 0.2) is 0 Å². The van der Waals surface area contributed by atoms with Crippen LogP contribution in [0.5, 0.6) is 0 Å². The van der Waals surface area contributed by atoms with Crippen LogP contribution in [0.2, 0.25) is 0 Å². The molecule has 2 aliphatic carbocycles. The Hall–Kier alpha value is -0.410. The largest absolute Gasteiger partial charge is 0.396 e. The van der Waals surface area contributed by atoms with Crippen LogP contribution in [0, 0.1) is 11.3 Å². The molecule has 14 heavy (non-hydrogen) atoms. The Morgan fingerprint density at radius 2 is 2.14 bits per heavy atom. The van der Waals surface area contributed by atoms with Gasteiger partial charge in [-0.1, -0.05) is 12.8 Å². The molecule has 80 valence electrons. The summed E-state index contributed by atoms with van der Waals surface area (Å²) in [6.45, 7) is -0.0371. The molecular formula is C11H18O3. The molecule has 0 radical (unpaired) electrons. The summed E-state index contributed by atoms with van der Waals surface area (Å²) in [6, 6.07) is 0. The number of aliphatic hydroxyl groups is 2. The molecule has 0 spiro atoms. The highest BCUT2D eigenvalue weighted by molar-refractivity contribution is 5.83. The molecule has 3 unspecified atom stereocenters. The first-order valence-electron chi connectivity index (χ1n) is 5.52. The number of aliphatic hydroxyl groups excluding tert-OH is 2. The normalized spacial score (nSPS) is 43.4. The van der Waals surface area contributed by atoms with E-state index in [1.807, 2.05) is 0 Å². The molecule has 3 nitrogen and oxygen atoms in total. The summed E-state index contributed by atoms with van der Waals surface area (Å²) < 4.78 is 0. The highest BCUT2D eigenvalue weighted by Crippen LogP contribution is 2.48. The quantitative estimate of drug-likeness (QED) is 0.657. The molecule has 2 saturated carbocycles. The summed E-state index contributed by atoms with van der Waals surface area (Å²) in [5.41, 5.74) is -0.492. The molecule has 0 amide bonds. The van der Waals surface area contributed by atoms with E-state index in [0.717, 1.165) is 25.7 Å². The van der Waals surface area contributed by atoms with Gasteiger partial charge in [0.05, 0.1) is 12.7 Å². The van der Waals surface area contributed by atoms with E-state index in [4.69, 9.17) is 0 Å². The van der Waals surface area contributed by atoms with Gasteiger partial charge in [-0.05, 0) is 19.3 Å². The van der Waals surface area contributed by atoms with E-state index >= 15 is 0 Å². The van der Waals surface area contributed by atoms with Crippen molar-refractivity contribution in [2.75, 3.05) is 6.61 Å². The summed E-state index contributed by atoms with van der Waals surface area (Å²) in [4.78, 5) is 11.7. The van der Waals surface area contributed by atoms with Crippen molar-refractivity contribution in [3.63, 3.8) is 0 Å². The second-order valence-corrected chi connectivity index (χ2v) is 4.71. The first kappa shape index (κ1) is 10.1. The van der Waals surface area contributed by atoms with E-state index in [2.05, 4.69) is 0 Å². The number of carbonyl (C=O) groups excluding carboxylic acids is 1. The van der Waals surface area contributed by atoms with E-state index in [-0.39, 0.29) is 18.3 Å². The molecule has 2 N–H and O–H groups in total. The lowest BCUT2D eigenvalue weighted by atomic mass is 9.58. The number of ketones is 1. The lowest BCUT2D eigenvalue weighted by Crippen LogP contribution is -2.53. The first-order valence-corrected chi connectivity index (χ1v) is 5.52. The number of carbonyl (C=O) groups is 1. The van der Waals surface area contributed by atoms with Gasteiger partial charge in [0.2, 0.25) is 0 Å². The highest BCUT2D eigenvalue weighted by Gasteiger charge is 2.51. The third kappa shape index (κ3) is 1.30. The minimum absolute atomic E-state index is 0.0371. The van der Waals surface area contributed by atoms with Crippen LogP contribution < -0.4 is 0 Å². The molecule has 0 saturated heterocycles. The topological polar surface area (TPSA) is 57.5 Å². The lowest BCUT2D eigenvalue weighted by Gasteiger charge is -2.48. The van der Waals surface area contributed by atoms with Crippen molar-refractivity contribution >= 4 is 5.78 Å². The maximum Gasteiger partial charge on any atom is 0.136 e. The van der Waals surface area contributed by atoms with Gasteiger partial charge in [-0.15, -0.1) is 0 Å². The zero-order valence-electron chi connectivity index (χ0n) is 8.41. The summed E-state index contributed by atoms with van der Waals surface area (Å²) in [6.07, 6.45) is 4.31. The Morgan fingerprint density at radius 3 is 2.79 bits per heavy atom. The molecule has 0 aromatic heterocycles. The maximum absolute atomic E-state index is 11.7. The average molecular weight is 198 g/mol. The predicted octanol–water partition coefficient (Wildman–Crippen LogP) is 0.879. The Bertz CT molecular complexity index is 239. The van der Waals surface area contributed by atoms with Crippen LogP contribution in [0.3, 0.4) is 0 Å². The molecule has 3 heteroatoms. The number of fused-ring (bicyclic) bond motifs is 1. The second-order valence-electron chi connectivity index (χ2n) is 4.71. The van der Waals surface area contributed by atoms with E-state index in [0.29, 0.717) is 12.8 Å². The molecule has 0 aliphatic heterocycles. The van der Waals surface area contributed by atoms with Crippen LogP contribution in [0.1, 0.15) is 38.5 Å². The first-order chi connectivity index (χ1) is 6.70. The van der Waals surface area contributed by atoms with Gasteiger partial charge in [0.1, 0.15) is 5.78 Å². The van der Waals surface area contributed by atoms with Crippen LogP contribution >= 0.6 is 0 Å². The van der Waals surface area contributed by atoms with Crippen LogP contribution in [0.4, 0.5) is 0 Å². The van der Waals surface area contributed by atoms with Crippen molar-refractivity contribution in [3.05, 3.63) is 0 Å². The fraction of sp³-hybridized carbons (Fsp3) is 0.909. The van der Waals surface area contributed by atoms with Crippen LogP contribution in [0.25, 0.3) is 0 Å². The van der Waals surface area contributed by atoms with Crippen LogP contribution in [-0.4, -0.2) is 28.7 Å². The third-order valence-electron chi connectivity index (χ3n) is 4.09. The minimum atomic E-state index is -0.492. The molecule has 0 heterocycles. The summed E-state index contributed by atoms with van der Waals surface area (Å²) in [5, 5.41) is 19.4. The van der Waals surface area contributed by atoms with Gasteiger partial charge < -0.3 is 10.2 Å². The SMILES string of the molecule is O=C1CCC(O)C2(CO)CCCCC12. The molecule has 0 aromatic rings. The number of Topliss-reactive ketones (excluding diaryl/α,β-unsaturated/α-hetero) is 1. The Labute approximate surface area is 84.1 Å². The van der Waals surface area contributed by atoms with E-state index in [1.165, 1.54) is 0 Å². The monoisotopic (exact) mass is 198 g/mol. The number of hydrogen-bond acceptors (Lipinski definition) is 3. The van der Waals surface area contributed by atoms with Gasteiger partial charge in [0.15, 0.2) is 0 Å². The fourth-order valence-corrected chi connectivity index (χ4v) is 3.18. The molecule has 2 aliphatic rings. The summed E-state index contributed by atoms with van der Waals surface area (Å²) in [5.74, 6) is 0.175. The summed E-state index contributed by atoms with van der Waals surface area (Å²) >= 11 is 0. The Balaban J connectivity index is 2.28.